The number of rotatable bonds is 5. The van der Waals surface area contributed by atoms with Gasteiger partial charge < -0.3 is 14.4 Å². The molecule has 1 atom stereocenters. The van der Waals surface area contributed by atoms with Gasteiger partial charge in [0, 0.05) is 30.6 Å². The van der Waals surface area contributed by atoms with E-state index in [-0.39, 0.29) is 23.2 Å². The van der Waals surface area contributed by atoms with Crippen LogP contribution in [0.1, 0.15) is 5.69 Å². The van der Waals surface area contributed by atoms with E-state index in [1.54, 1.807) is 0 Å². The molecule has 0 saturated carbocycles. The van der Waals surface area contributed by atoms with Gasteiger partial charge in [-0.3, -0.25) is 4.79 Å². The number of carbonyl (C=O) groups excluding carboxylic acids is 2. The largest absolute Gasteiger partial charge is 0.446 e. The third-order valence-corrected chi connectivity index (χ3v) is 4.45. The first kappa shape index (κ1) is 20.7. The predicted molar refractivity (Wildman–Crippen MR) is 98.0 cm³/mol. The molecule has 1 fully saturated rings. The van der Waals surface area contributed by atoms with Crippen molar-refractivity contribution >= 4 is 35.1 Å². The summed E-state index contributed by atoms with van der Waals surface area (Å²) in [6.45, 7) is -1.83. The van der Waals surface area contributed by atoms with E-state index in [1.807, 2.05) is 0 Å². The number of pyridine rings is 1. The minimum absolute atomic E-state index is 0.0768. The molecule has 2 amide bonds. The number of carbonyl (C=O) groups is 2. The van der Waals surface area contributed by atoms with Crippen LogP contribution in [-0.2, 0) is 9.53 Å². The van der Waals surface area contributed by atoms with Crippen LogP contribution in [0.4, 0.5) is 29.5 Å². The van der Waals surface area contributed by atoms with Crippen molar-refractivity contribution in [1.82, 2.24) is 4.98 Å². The fourth-order valence-electron chi connectivity index (χ4n) is 2.82. The number of cyclic esters (lactones) is 1. The van der Waals surface area contributed by atoms with Gasteiger partial charge in [-0.15, -0.1) is 0 Å². The second-order valence-electron chi connectivity index (χ2n) is 6.14. The zero-order chi connectivity index (χ0) is 21.3. The number of halogens is 4. The first-order chi connectivity index (χ1) is 13.7. The van der Waals surface area contributed by atoms with Crippen molar-refractivity contribution < 1.29 is 32.2 Å². The molecule has 2 aromatic rings. The molecular formula is C18H15ClF3N3O4. The summed E-state index contributed by atoms with van der Waals surface area (Å²) in [4.78, 5) is 31.4. The van der Waals surface area contributed by atoms with E-state index in [9.17, 15) is 22.8 Å². The summed E-state index contributed by atoms with van der Waals surface area (Å²) in [5.41, 5.74) is 0.586. The molecule has 3 rings (SSSR count). The van der Waals surface area contributed by atoms with Gasteiger partial charge in [0.25, 0.3) is 5.91 Å². The minimum atomic E-state index is -3.07. The molecule has 1 aliphatic rings. The van der Waals surface area contributed by atoms with Crippen molar-refractivity contribution in [3.8, 4) is 5.75 Å². The minimum Gasteiger partial charge on any atom is -0.446 e. The molecule has 154 valence electrons. The lowest BCUT2D eigenvalue weighted by Crippen LogP contribution is -2.47. The average Bonchev–Trinajstić information content (AvgIpc) is 3.03. The van der Waals surface area contributed by atoms with Crippen LogP contribution < -0.4 is 14.5 Å². The highest BCUT2D eigenvalue weighted by Gasteiger charge is 2.42. The van der Waals surface area contributed by atoms with Gasteiger partial charge >= 0.3 is 12.7 Å². The van der Waals surface area contributed by atoms with Crippen molar-refractivity contribution in [2.24, 2.45) is 0 Å². The molecular weight excluding hydrogens is 415 g/mol. The highest BCUT2D eigenvalue weighted by Crippen LogP contribution is 2.29. The smallest absolute Gasteiger partial charge is 0.416 e. The maximum atomic E-state index is 13.4. The topological polar surface area (TPSA) is 72.0 Å². The Morgan fingerprint density at radius 1 is 1.38 bits per heavy atom. The number of nitrogens with zero attached hydrogens (tertiary/aromatic N) is 3. The van der Waals surface area contributed by atoms with Crippen LogP contribution in [-0.4, -0.2) is 43.3 Å². The lowest BCUT2D eigenvalue weighted by atomic mass is 10.2. The van der Waals surface area contributed by atoms with Crippen molar-refractivity contribution in [3.63, 3.8) is 0 Å². The summed E-state index contributed by atoms with van der Waals surface area (Å²) in [6.07, 6.45) is -0.866. The van der Waals surface area contributed by atoms with Crippen molar-refractivity contribution in [2.45, 2.75) is 19.6 Å². The molecule has 1 saturated heterocycles. The SMILES string of the molecule is Cc1cc(OC(F)F)cc(N2C(=O)OCC2C(=O)N(C)c2ccc(F)c(Cl)c2)n1. The zero-order valence-corrected chi connectivity index (χ0v) is 16.0. The highest BCUT2D eigenvalue weighted by molar-refractivity contribution is 6.31. The first-order valence-electron chi connectivity index (χ1n) is 8.29. The zero-order valence-electron chi connectivity index (χ0n) is 15.2. The molecule has 2 heterocycles. The van der Waals surface area contributed by atoms with Crippen LogP contribution in [0.3, 0.4) is 0 Å². The predicted octanol–water partition coefficient (Wildman–Crippen LogP) is 3.77. The second kappa shape index (κ2) is 8.16. The molecule has 1 unspecified atom stereocenters. The quantitative estimate of drug-likeness (QED) is 0.723. The number of alkyl halides is 2. The molecule has 29 heavy (non-hydrogen) atoms. The highest BCUT2D eigenvalue weighted by atomic mass is 35.5. The number of hydrogen-bond donors (Lipinski definition) is 0. The van der Waals surface area contributed by atoms with E-state index in [1.165, 1.54) is 37.1 Å². The second-order valence-corrected chi connectivity index (χ2v) is 6.55. The van der Waals surface area contributed by atoms with Crippen LogP contribution in [0.5, 0.6) is 5.75 Å². The van der Waals surface area contributed by atoms with Crippen molar-refractivity contribution in [3.05, 3.63) is 46.9 Å². The number of hydrogen-bond acceptors (Lipinski definition) is 5. The van der Waals surface area contributed by atoms with E-state index in [0.717, 1.165) is 17.0 Å². The van der Waals surface area contributed by atoms with Gasteiger partial charge in [0.2, 0.25) is 0 Å². The summed E-state index contributed by atoms with van der Waals surface area (Å²) in [7, 11) is 1.42. The molecule has 11 heteroatoms. The van der Waals surface area contributed by atoms with Gasteiger partial charge in [-0.25, -0.2) is 19.1 Å². The Kier molecular flexibility index (Phi) is 5.83. The normalized spacial score (nSPS) is 16.2. The number of ether oxygens (including phenoxy) is 2. The number of aromatic nitrogens is 1. The van der Waals surface area contributed by atoms with E-state index in [4.69, 9.17) is 16.3 Å². The van der Waals surface area contributed by atoms with Gasteiger partial charge in [0.1, 0.15) is 24.0 Å². The van der Waals surface area contributed by atoms with Gasteiger partial charge in [0.15, 0.2) is 6.04 Å². The summed E-state index contributed by atoms with van der Waals surface area (Å²) in [6, 6.07) is 4.97. The number of aryl methyl sites for hydroxylation is 1. The maximum Gasteiger partial charge on any atom is 0.416 e. The fourth-order valence-corrected chi connectivity index (χ4v) is 2.99. The lowest BCUT2D eigenvalue weighted by molar-refractivity contribution is -0.119. The molecule has 1 aromatic heterocycles. The Balaban J connectivity index is 1.91. The molecule has 0 radical (unpaired) electrons. The molecule has 7 nitrogen and oxygen atoms in total. The summed E-state index contributed by atoms with van der Waals surface area (Å²) >= 11 is 5.76. The number of amides is 2. The van der Waals surface area contributed by atoms with Gasteiger partial charge in [-0.1, -0.05) is 11.6 Å². The summed E-state index contributed by atoms with van der Waals surface area (Å²) < 4.78 is 47.8. The number of likely N-dealkylation sites (N-methyl/N-ethyl adjacent to an activating group) is 1. The van der Waals surface area contributed by atoms with E-state index < -0.39 is 30.5 Å². The lowest BCUT2D eigenvalue weighted by Gasteiger charge is -2.25. The maximum absolute atomic E-state index is 13.4. The number of anilines is 2. The molecule has 0 N–H and O–H groups in total. The van der Waals surface area contributed by atoms with Gasteiger partial charge in [-0.2, -0.15) is 8.78 Å². The Morgan fingerprint density at radius 2 is 2.10 bits per heavy atom. The molecule has 1 aliphatic heterocycles. The average molecular weight is 430 g/mol. The van der Waals surface area contributed by atoms with E-state index in [0.29, 0.717) is 11.4 Å². The summed E-state index contributed by atoms with van der Waals surface area (Å²) in [5.74, 6) is -1.51. The van der Waals surface area contributed by atoms with Gasteiger partial charge in [-0.05, 0) is 25.1 Å². The van der Waals surface area contributed by atoms with Crippen LogP contribution in [0.2, 0.25) is 5.02 Å². The Bertz CT molecular complexity index is 960. The van der Waals surface area contributed by atoms with E-state index in [2.05, 4.69) is 9.72 Å². The van der Waals surface area contributed by atoms with Crippen molar-refractivity contribution in [1.29, 1.82) is 0 Å². The third-order valence-electron chi connectivity index (χ3n) is 4.16. The van der Waals surface area contributed by atoms with Crippen LogP contribution in [0.25, 0.3) is 0 Å². The van der Waals surface area contributed by atoms with Crippen LogP contribution in [0, 0.1) is 12.7 Å². The van der Waals surface area contributed by atoms with Gasteiger partial charge in [0.05, 0.1) is 5.02 Å². The Hall–Kier alpha value is -3.01. The fraction of sp³-hybridized carbons (Fsp3) is 0.278. The first-order valence-corrected chi connectivity index (χ1v) is 8.67. The van der Waals surface area contributed by atoms with Crippen LogP contribution >= 0.6 is 11.6 Å². The number of benzene rings is 1. The standard InChI is InChI=1S/C18H15ClF3N3O4/c1-9-5-11(29-17(21)22)7-15(23-9)25-14(8-28-18(25)27)16(26)24(2)10-3-4-13(20)12(19)6-10/h3-7,14,17H,8H2,1-2H3. The molecule has 0 aliphatic carbocycles. The van der Waals surface area contributed by atoms with Crippen molar-refractivity contribution in [2.75, 3.05) is 23.5 Å². The monoisotopic (exact) mass is 429 g/mol. The Morgan fingerprint density at radius 3 is 2.76 bits per heavy atom. The third kappa shape index (κ3) is 4.37. The molecule has 0 spiro atoms. The molecule has 1 aromatic carbocycles. The summed E-state index contributed by atoms with van der Waals surface area (Å²) in [5, 5.41) is -0.174. The van der Waals surface area contributed by atoms with E-state index >= 15 is 0 Å². The molecule has 0 bridgehead atoms. The Labute approximate surface area is 168 Å². The van der Waals surface area contributed by atoms with Crippen LogP contribution in [0.15, 0.2) is 30.3 Å².